The van der Waals surface area contributed by atoms with Crippen LogP contribution in [0, 0.1) is 0 Å². The molecule has 1 aromatic carbocycles. The lowest BCUT2D eigenvalue weighted by Gasteiger charge is -1.99. The minimum absolute atomic E-state index is 0.212. The van der Waals surface area contributed by atoms with Gasteiger partial charge in [-0.1, -0.05) is 6.07 Å². The molecule has 1 aromatic rings. The Bertz CT molecular complexity index is 453. The van der Waals surface area contributed by atoms with Crippen LogP contribution in [-0.4, -0.2) is 19.9 Å². The van der Waals surface area contributed by atoms with Crippen molar-refractivity contribution < 1.29 is 18.9 Å². The first-order valence-corrected chi connectivity index (χ1v) is 6.44. The van der Waals surface area contributed by atoms with E-state index in [1.807, 2.05) is 0 Å². The summed E-state index contributed by atoms with van der Waals surface area (Å²) in [4.78, 5) is 11.5. The number of carbonyl (C=O) groups is 1. The van der Waals surface area contributed by atoms with Crippen LogP contribution < -0.4 is 5.73 Å². The Labute approximate surface area is 86.4 Å². The summed E-state index contributed by atoms with van der Waals surface area (Å²) in [5, 5.41) is -0.310. The van der Waals surface area contributed by atoms with Crippen molar-refractivity contribution >= 4 is 26.8 Å². The number of carbonyl (C=O) groups excluding carboxylic acids is 1. The Morgan fingerprint density at radius 1 is 1.43 bits per heavy atom. The van der Waals surface area contributed by atoms with Crippen molar-refractivity contribution in [3.8, 4) is 0 Å². The molecule has 0 atom stereocenters. The van der Waals surface area contributed by atoms with Gasteiger partial charge in [0.05, 0.1) is 4.90 Å². The van der Waals surface area contributed by atoms with Crippen molar-refractivity contribution in [1.82, 2.24) is 0 Å². The van der Waals surface area contributed by atoms with Gasteiger partial charge in [-0.25, -0.2) is 13.2 Å². The first kappa shape index (κ1) is 11.2. The number of quaternary nitrogens is 1. The zero-order valence-electron chi connectivity index (χ0n) is 7.56. The largest absolute Gasteiger partial charge is 0.374 e. The van der Waals surface area contributed by atoms with Crippen LogP contribution in [0.15, 0.2) is 34.1 Å². The van der Waals surface area contributed by atoms with Crippen LogP contribution in [0.5, 0.6) is 0 Å². The maximum absolute atomic E-state index is 11.2. The molecule has 1 rings (SSSR count). The Morgan fingerprint density at radius 2 is 2.07 bits per heavy atom. The lowest BCUT2D eigenvalue weighted by atomic mass is 10.4. The Morgan fingerprint density at radius 3 is 2.57 bits per heavy atom. The van der Waals surface area contributed by atoms with E-state index in [0.29, 0.717) is 4.90 Å². The number of benzene rings is 1. The molecule has 14 heavy (non-hydrogen) atoms. The second-order valence-corrected chi connectivity index (χ2v) is 5.87. The van der Waals surface area contributed by atoms with Gasteiger partial charge in [-0.15, -0.1) is 0 Å². The van der Waals surface area contributed by atoms with E-state index in [1.54, 1.807) is 12.1 Å². The highest BCUT2D eigenvalue weighted by atomic mass is 32.2. The Kier molecular flexibility index (Phi) is 3.30. The topological polar surface area (TPSA) is 78.8 Å². The molecule has 0 aliphatic rings. The Balaban J connectivity index is 3.08. The molecule has 1 amide bonds. The SMILES string of the molecule is CS(=O)(=O)c1cccc(SC([NH3+])=O)c1. The van der Waals surface area contributed by atoms with Crippen LogP contribution in [0.1, 0.15) is 0 Å². The average molecular weight is 232 g/mol. The molecule has 0 saturated carbocycles. The summed E-state index contributed by atoms with van der Waals surface area (Å²) in [5.74, 6) is 0. The second kappa shape index (κ2) is 4.12. The van der Waals surface area contributed by atoms with E-state index in [-0.39, 0.29) is 10.1 Å². The maximum atomic E-state index is 11.2. The van der Waals surface area contributed by atoms with Crippen LogP contribution in [0.4, 0.5) is 4.79 Å². The maximum Gasteiger partial charge on any atom is 0.374 e. The van der Waals surface area contributed by atoms with Gasteiger partial charge in [0.25, 0.3) is 0 Å². The molecule has 0 bridgehead atoms. The van der Waals surface area contributed by atoms with Crippen molar-refractivity contribution in [3.63, 3.8) is 0 Å². The van der Waals surface area contributed by atoms with Crippen LogP contribution in [0.3, 0.4) is 0 Å². The standard InChI is InChI=1S/C8H9NO3S2/c1-14(11,12)7-4-2-3-6(5-7)13-8(9)10/h2-5H,1H3,(H2,9,10)/p+1. The molecule has 0 radical (unpaired) electrons. The third-order valence-corrected chi connectivity index (χ3v) is 3.29. The number of amides is 1. The predicted octanol–water partition coefficient (Wildman–Crippen LogP) is 0.544. The third kappa shape index (κ3) is 3.13. The predicted molar refractivity (Wildman–Crippen MR) is 53.7 cm³/mol. The van der Waals surface area contributed by atoms with Gasteiger partial charge in [0.15, 0.2) is 9.84 Å². The quantitative estimate of drug-likeness (QED) is 0.755. The van der Waals surface area contributed by atoms with E-state index < -0.39 is 9.84 Å². The fraction of sp³-hybridized carbons (Fsp3) is 0.125. The molecule has 6 heteroatoms. The molecule has 0 heterocycles. The molecular formula is C8H10NO3S2+. The van der Waals surface area contributed by atoms with Gasteiger partial charge in [-0.3, -0.25) is 5.73 Å². The first-order valence-electron chi connectivity index (χ1n) is 3.73. The smallest absolute Gasteiger partial charge is 0.284 e. The van der Waals surface area contributed by atoms with Crippen LogP contribution >= 0.6 is 11.8 Å². The molecule has 3 N–H and O–H groups in total. The van der Waals surface area contributed by atoms with Gasteiger partial charge in [-0.05, 0) is 18.2 Å². The van der Waals surface area contributed by atoms with Crippen LogP contribution in [0.25, 0.3) is 0 Å². The summed E-state index contributed by atoms with van der Waals surface area (Å²) in [6.45, 7) is 0. The summed E-state index contributed by atoms with van der Waals surface area (Å²) in [6, 6.07) is 6.22. The number of rotatable bonds is 2. The van der Waals surface area contributed by atoms with Crippen molar-refractivity contribution in [2.24, 2.45) is 0 Å². The van der Waals surface area contributed by atoms with Crippen molar-refractivity contribution in [3.05, 3.63) is 24.3 Å². The van der Waals surface area contributed by atoms with E-state index in [1.165, 1.54) is 12.1 Å². The Hall–Kier alpha value is -0.850. The molecule has 4 nitrogen and oxygen atoms in total. The minimum atomic E-state index is -3.21. The number of hydrogen-bond acceptors (Lipinski definition) is 4. The van der Waals surface area contributed by atoms with Gasteiger partial charge >= 0.3 is 5.24 Å². The number of hydrogen-bond donors (Lipinski definition) is 1. The van der Waals surface area contributed by atoms with Crippen molar-refractivity contribution in [2.75, 3.05) is 6.26 Å². The van der Waals surface area contributed by atoms with Crippen molar-refractivity contribution in [1.29, 1.82) is 0 Å². The molecule has 76 valence electrons. The fourth-order valence-electron chi connectivity index (χ4n) is 0.900. The molecule has 0 fully saturated rings. The number of thioether (sulfide) groups is 1. The first-order chi connectivity index (χ1) is 6.39. The second-order valence-electron chi connectivity index (χ2n) is 2.72. The zero-order valence-corrected chi connectivity index (χ0v) is 9.19. The highest BCUT2D eigenvalue weighted by molar-refractivity contribution is 8.13. The average Bonchev–Trinajstić information content (AvgIpc) is 2.01. The highest BCUT2D eigenvalue weighted by Gasteiger charge is 2.09. The molecule has 0 aliphatic carbocycles. The summed E-state index contributed by atoms with van der Waals surface area (Å²) >= 11 is 0.914. The summed E-state index contributed by atoms with van der Waals surface area (Å²) in [5.41, 5.74) is 3.20. The molecule has 0 unspecified atom stereocenters. The molecular weight excluding hydrogens is 222 g/mol. The van der Waals surface area contributed by atoms with Gasteiger partial charge in [0.1, 0.15) is 0 Å². The number of sulfone groups is 1. The lowest BCUT2D eigenvalue weighted by Crippen LogP contribution is -2.53. The van der Waals surface area contributed by atoms with Gasteiger partial charge in [0.2, 0.25) is 0 Å². The van der Waals surface area contributed by atoms with Crippen LogP contribution in [0.2, 0.25) is 0 Å². The highest BCUT2D eigenvalue weighted by Crippen LogP contribution is 2.20. The summed E-state index contributed by atoms with van der Waals surface area (Å²) in [6.07, 6.45) is 1.13. The fourth-order valence-corrected chi connectivity index (χ4v) is 2.24. The van der Waals surface area contributed by atoms with Crippen LogP contribution in [-0.2, 0) is 9.84 Å². The molecule has 0 saturated heterocycles. The normalized spacial score (nSPS) is 11.3. The van der Waals surface area contributed by atoms with Gasteiger partial charge in [-0.2, -0.15) is 0 Å². The van der Waals surface area contributed by atoms with Crippen molar-refractivity contribution in [2.45, 2.75) is 9.79 Å². The summed E-state index contributed by atoms with van der Waals surface area (Å²) < 4.78 is 22.3. The van der Waals surface area contributed by atoms with E-state index in [0.717, 1.165) is 18.0 Å². The molecule has 0 aromatic heterocycles. The zero-order chi connectivity index (χ0) is 10.8. The van der Waals surface area contributed by atoms with E-state index >= 15 is 0 Å². The van der Waals surface area contributed by atoms with Gasteiger partial charge in [0, 0.05) is 22.9 Å². The molecule has 0 spiro atoms. The molecule has 0 aliphatic heterocycles. The monoisotopic (exact) mass is 232 g/mol. The van der Waals surface area contributed by atoms with Gasteiger partial charge < -0.3 is 0 Å². The van der Waals surface area contributed by atoms with E-state index in [9.17, 15) is 13.2 Å². The third-order valence-electron chi connectivity index (χ3n) is 1.47. The van der Waals surface area contributed by atoms with E-state index in [4.69, 9.17) is 0 Å². The summed E-state index contributed by atoms with van der Waals surface area (Å²) in [7, 11) is -3.21. The lowest BCUT2D eigenvalue weighted by molar-refractivity contribution is -0.232. The minimum Gasteiger partial charge on any atom is -0.284 e. The van der Waals surface area contributed by atoms with E-state index in [2.05, 4.69) is 5.73 Å².